The first-order valence-corrected chi connectivity index (χ1v) is 1.77. The molecule has 0 heterocycles. The fourth-order valence-corrected chi connectivity index (χ4v) is 0. The number of nitrogens with one attached hydrogen (secondary N) is 1. The Morgan fingerprint density at radius 1 is 1.67 bits per heavy atom. The summed E-state index contributed by atoms with van der Waals surface area (Å²) in [7, 11) is 1.89. The van der Waals surface area contributed by atoms with E-state index in [1.807, 2.05) is 14.0 Å². The monoisotopic (exact) mass is 161 g/mol. The Labute approximate surface area is 64.8 Å². The molecule has 0 aromatic carbocycles. The van der Waals surface area contributed by atoms with Gasteiger partial charge in [-0.15, -0.1) is 6.04 Å². The predicted octanol–water partition coefficient (Wildman–Crippen LogP) is 0.426. The van der Waals surface area contributed by atoms with Crippen molar-refractivity contribution in [3.05, 3.63) is 6.92 Å². The summed E-state index contributed by atoms with van der Waals surface area (Å²) in [5, 5.41) is 2.92. The van der Waals surface area contributed by atoms with Crippen molar-refractivity contribution < 1.29 is 32.7 Å². The maximum absolute atomic E-state index is 3.65. The standard InChI is InChI=1S/C4H10N.Y/c1-4(2)5-3;/h4-5H,1H2,2-3H3;/q-1;. The third-order valence-electron chi connectivity index (χ3n) is 0.493. The summed E-state index contributed by atoms with van der Waals surface area (Å²) in [4.78, 5) is 0. The molecule has 0 saturated carbocycles. The van der Waals surface area contributed by atoms with Crippen LogP contribution in [0.1, 0.15) is 6.92 Å². The van der Waals surface area contributed by atoms with Gasteiger partial charge >= 0.3 is 0 Å². The van der Waals surface area contributed by atoms with Crippen LogP contribution in [-0.4, -0.2) is 13.1 Å². The molecule has 0 fully saturated rings. The largest absolute Gasteiger partial charge is 0.347 e. The van der Waals surface area contributed by atoms with Crippen LogP contribution in [0.3, 0.4) is 0 Å². The zero-order chi connectivity index (χ0) is 4.28. The molecule has 1 atom stereocenters. The first-order chi connectivity index (χ1) is 2.27. The van der Waals surface area contributed by atoms with Crippen molar-refractivity contribution in [2.24, 2.45) is 0 Å². The first kappa shape index (κ1) is 10.1. The van der Waals surface area contributed by atoms with E-state index in [2.05, 4.69) is 12.2 Å². The molecule has 1 unspecified atom stereocenters. The predicted molar refractivity (Wildman–Crippen MR) is 23.9 cm³/mol. The molecule has 1 N–H and O–H groups in total. The summed E-state index contributed by atoms with van der Waals surface area (Å²) < 4.78 is 0. The van der Waals surface area contributed by atoms with Gasteiger partial charge in [-0.2, -0.15) is 0 Å². The fraction of sp³-hybridized carbons (Fsp3) is 0.750. The molecular weight excluding hydrogens is 151 g/mol. The molecule has 0 aliphatic rings. The molecular formula is C4H10NY-. The van der Waals surface area contributed by atoms with Crippen LogP contribution in [0.25, 0.3) is 0 Å². The summed E-state index contributed by atoms with van der Waals surface area (Å²) >= 11 is 0. The Hall–Kier alpha value is 1.06. The maximum atomic E-state index is 3.65. The molecule has 35 valence electrons. The average Bonchev–Trinajstić information content (AvgIpc) is 1.38. The van der Waals surface area contributed by atoms with E-state index in [4.69, 9.17) is 0 Å². The van der Waals surface area contributed by atoms with Gasteiger partial charge in [0, 0.05) is 32.7 Å². The van der Waals surface area contributed by atoms with Crippen molar-refractivity contribution in [2.45, 2.75) is 13.0 Å². The maximum Gasteiger partial charge on any atom is 0 e. The Balaban J connectivity index is 0. The van der Waals surface area contributed by atoms with Crippen molar-refractivity contribution in [3.8, 4) is 0 Å². The van der Waals surface area contributed by atoms with E-state index in [1.54, 1.807) is 0 Å². The van der Waals surface area contributed by atoms with Crippen molar-refractivity contribution in [3.63, 3.8) is 0 Å². The third kappa shape index (κ3) is 8.91. The molecule has 0 spiro atoms. The van der Waals surface area contributed by atoms with Crippen LogP contribution in [0.5, 0.6) is 0 Å². The molecule has 0 bridgehead atoms. The molecule has 1 nitrogen and oxygen atoms in total. The van der Waals surface area contributed by atoms with E-state index < -0.39 is 0 Å². The molecule has 0 aliphatic carbocycles. The summed E-state index contributed by atoms with van der Waals surface area (Å²) in [6.07, 6.45) is 0. The zero-order valence-electron chi connectivity index (χ0n) is 4.36. The van der Waals surface area contributed by atoms with Crippen LogP contribution in [-0.2, 0) is 32.7 Å². The second-order valence-corrected chi connectivity index (χ2v) is 1.19. The summed E-state index contributed by atoms with van der Waals surface area (Å²) in [5.74, 6) is 0. The van der Waals surface area contributed by atoms with Gasteiger partial charge in [-0.05, 0) is 7.05 Å². The molecule has 0 saturated heterocycles. The molecule has 0 amide bonds. The summed E-state index contributed by atoms with van der Waals surface area (Å²) in [6, 6.07) is 0.384. The van der Waals surface area contributed by atoms with E-state index in [1.165, 1.54) is 0 Å². The van der Waals surface area contributed by atoms with Crippen LogP contribution in [0.2, 0.25) is 0 Å². The summed E-state index contributed by atoms with van der Waals surface area (Å²) in [6.45, 7) is 5.65. The second-order valence-electron chi connectivity index (χ2n) is 1.19. The SMILES string of the molecule is [CH2-]C(C)NC.[Y]. The Morgan fingerprint density at radius 2 is 1.83 bits per heavy atom. The topological polar surface area (TPSA) is 12.0 Å². The number of hydrogen-bond donors (Lipinski definition) is 1. The van der Waals surface area contributed by atoms with Crippen LogP contribution >= 0.6 is 0 Å². The second kappa shape index (κ2) is 6.06. The Kier molecular flexibility index (Phi) is 10.2. The van der Waals surface area contributed by atoms with Crippen LogP contribution < -0.4 is 5.32 Å². The fourth-order valence-electron chi connectivity index (χ4n) is 0. The Morgan fingerprint density at radius 3 is 1.83 bits per heavy atom. The van der Waals surface area contributed by atoms with Gasteiger partial charge in [0.25, 0.3) is 0 Å². The van der Waals surface area contributed by atoms with E-state index in [0.29, 0.717) is 6.04 Å². The quantitative estimate of drug-likeness (QED) is 0.549. The average molecular weight is 161 g/mol. The van der Waals surface area contributed by atoms with Gasteiger partial charge in [0.1, 0.15) is 0 Å². The smallest absolute Gasteiger partial charge is 0 e. The number of hydrogen-bond acceptors (Lipinski definition) is 1. The minimum atomic E-state index is 0. The van der Waals surface area contributed by atoms with Gasteiger partial charge in [-0.3, -0.25) is 0 Å². The van der Waals surface area contributed by atoms with Crippen molar-refractivity contribution in [1.29, 1.82) is 0 Å². The van der Waals surface area contributed by atoms with E-state index >= 15 is 0 Å². The van der Waals surface area contributed by atoms with E-state index in [9.17, 15) is 0 Å². The molecule has 0 aromatic heterocycles. The van der Waals surface area contributed by atoms with Gasteiger partial charge in [0.05, 0.1) is 0 Å². The molecule has 1 radical (unpaired) electrons. The van der Waals surface area contributed by atoms with Gasteiger partial charge in [0.2, 0.25) is 0 Å². The molecule has 0 aromatic rings. The van der Waals surface area contributed by atoms with Gasteiger partial charge in [-0.25, -0.2) is 0 Å². The van der Waals surface area contributed by atoms with Crippen LogP contribution in [0.15, 0.2) is 0 Å². The third-order valence-corrected chi connectivity index (χ3v) is 0.493. The van der Waals surface area contributed by atoms with Gasteiger partial charge < -0.3 is 12.2 Å². The van der Waals surface area contributed by atoms with Gasteiger partial charge in [0.15, 0.2) is 0 Å². The van der Waals surface area contributed by atoms with Gasteiger partial charge in [-0.1, -0.05) is 6.92 Å². The first-order valence-electron chi connectivity index (χ1n) is 1.77. The van der Waals surface area contributed by atoms with Crippen LogP contribution in [0, 0.1) is 6.92 Å². The summed E-state index contributed by atoms with van der Waals surface area (Å²) in [5.41, 5.74) is 0. The van der Waals surface area contributed by atoms with Crippen molar-refractivity contribution in [1.82, 2.24) is 5.32 Å². The normalized spacial score (nSPS) is 12.5. The van der Waals surface area contributed by atoms with Crippen molar-refractivity contribution in [2.75, 3.05) is 7.05 Å². The van der Waals surface area contributed by atoms with Crippen molar-refractivity contribution >= 4 is 0 Å². The Bertz CT molecular complexity index is 21.5. The minimum Gasteiger partial charge on any atom is -0.347 e. The molecule has 0 rings (SSSR count). The van der Waals surface area contributed by atoms with E-state index in [-0.39, 0.29) is 32.7 Å². The zero-order valence-corrected chi connectivity index (χ0v) is 7.20. The van der Waals surface area contributed by atoms with Crippen LogP contribution in [0.4, 0.5) is 0 Å². The minimum absolute atomic E-state index is 0. The number of rotatable bonds is 1. The van der Waals surface area contributed by atoms with E-state index in [0.717, 1.165) is 0 Å². The molecule has 0 aliphatic heterocycles. The molecule has 6 heavy (non-hydrogen) atoms. The molecule has 2 heteroatoms.